The van der Waals surface area contributed by atoms with Crippen LogP contribution in [0.3, 0.4) is 0 Å². The maximum Gasteiger partial charge on any atom is 0.313 e. The molecule has 0 bridgehead atoms. The highest BCUT2D eigenvalue weighted by Gasteiger charge is 2.50. The molecule has 4 nitrogen and oxygen atoms in total. The Kier molecular flexibility index (Phi) is 7.85. The van der Waals surface area contributed by atoms with E-state index in [1.165, 1.54) is 17.5 Å². The first kappa shape index (κ1) is 24.1. The number of methoxy groups -OCH3 is 1. The Morgan fingerprint density at radius 1 is 0.906 bits per heavy atom. The van der Waals surface area contributed by atoms with Crippen molar-refractivity contribution in [2.24, 2.45) is 11.8 Å². The van der Waals surface area contributed by atoms with Crippen molar-refractivity contribution < 1.29 is 18.8 Å². The second kappa shape index (κ2) is 10.4. The molecule has 2 aromatic carbocycles. The van der Waals surface area contributed by atoms with E-state index in [2.05, 4.69) is 75.4 Å². The minimum Gasteiger partial charge on any atom is -0.469 e. The van der Waals surface area contributed by atoms with Crippen molar-refractivity contribution in [3.8, 4) is 0 Å². The van der Waals surface area contributed by atoms with Gasteiger partial charge in [-0.1, -0.05) is 93.6 Å². The van der Waals surface area contributed by atoms with E-state index >= 15 is 0 Å². The molecule has 0 N–H and O–H groups in total. The molecule has 0 radical (unpaired) electrons. The average Bonchev–Trinajstić information content (AvgIpc) is 2.80. The van der Waals surface area contributed by atoms with Gasteiger partial charge in [0.15, 0.2) is 0 Å². The fourth-order valence-electron chi connectivity index (χ4n) is 4.79. The summed E-state index contributed by atoms with van der Waals surface area (Å²) in [6.45, 7) is 7.23. The van der Waals surface area contributed by atoms with Gasteiger partial charge in [0.05, 0.1) is 7.11 Å². The van der Waals surface area contributed by atoms with Gasteiger partial charge in [0.1, 0.15) is 12.2 Å². The SMILES string of the molecule is COC(=O)CC(=O)[C@@H]1CC=CC[C@@H]1CO[Si](c1ccccc1)(c1ccccc1)C(C)(C)C. The van der Waals surface area contributed by atoms with Gasteiger partial charge in [-0.3, -0.25) is 9.59 Å². The molecule has 0 amide bonds. The Hall–Kier alpha value is -2.50. The molecule has 1 aliphatic carbocycles. The molecular formula is C27H34O4Si. The fraction of sp³-hybridized carbons (Fsp3) is 0.407. The minimum absolute atomic E-state index is 0.0406. The number of benzene rings is 2. The Morgan fingerprint density at radius 2 is 1.44 bits per heavy atom. The van der Waals surface area contributed by atoms with Crippen LogP contribution in [0.2, 0.25) is 5.04 Å². The molecule has 0 unspecified atom stereocenters. The van der Waals surface area contributed by atoms with Crippen LogP contribution in [-0.2, 0) is 18.8 Å². The summed E-state index contributed by atoms with van der Waals surface area (Å²) in [7, 11) is -1.34. The zero-order valence-corrected chi connectivity index (χ0v) is 20.5. The van der Waals surface area contributed by atoms with Crippen LogP contribution in [0, 0.1) is 11.8 Å². The van der Waals surface area contributed by atoms with Crippen molar-refractivity contribution in [3.63, 3.8) is 0 Å². The molecule has 0 aliphatic heterocycles. The first-order valence-electron chi connectivity index (χ1n) is 11.3. The second-order valence-corrected chi connectivity index (χ2v) is 13.8. The highest BCUT2D eigenvalue weighted by Crippen LogP contribution is 2.38. The van der Waals surface area contributed by atoms with Crippen LogP contribution in [0.4, 0.5) is 0 Å². The van der Waals surface area contributed by atoms with Crippen molar-refractivity contribution >= 4 is 30.4 Å². The van der Waals surface area contributed by atoms with E-state index in [0.29, 0.717) is 13.0 Å². The molecule has 0 fully saturated rings. The Bertz CT molecular complexity index is 892. The summed E-state index contributed by atoms with van der Waals surface area (Å²) in [4.78, 5) is 24.6. The molecule has 0 heterocycles. The predicted molar refractivity (Wildman–Crippen MR) is 131 cm³/mol. The molecule has 0 spiro atoms. The number of ether oxygens (including phenoxy) is 1. The van der Waals surface area contributed by atoms with E-state index in [9.17, 15) is 9.59 Å². The zero-order valence-electron chi connectivity index (χ0n) is 19.5. The molecule has 2 aromatic rings. The summed E-state index contributed by atoms with van der Waals surface area (Å²) in [5, 5.41) is 2.33. The van der Waals surface area contributed by atoms with Crippen LogP contribution in [0.5, 0.6) is 0 Å². The van der Waals surface area contributed by atoms with Gasteiger partial charge in [0.2, 0.25) is 0 Å². The van der Waals surface area contributed by atoms with Gasteiger partial charge in [-0.05, 0) is 34.2 Å². The van der Waals surface area contributed by atoms with E-state index in [0.717, 1.165) is 6.42 Å². The number of carbonyl (C=O) groups is 2. The lowest BCUT2D eigenvalue weighted by molar-refractivity contribution is -0.144. The summed E-state index contributed by atoms with van der Waals surface area (Å²) >= 11 is 0. The van der Waals surface area contributed by atoms with Crippen LogP contribution in [-0.4, -0.2) is 33.8 Å². The second-order valence-electron chi connectivity index (χ2n) is 9.50. The van der Waals surface area contributed by atoms with Gasteiger partial charge >= 0.3 is 5.97 Å². The third kappa shape index (κ3) is 5.10. The molecule has 2 atom stereocenters. The van der Waals surface area contributed by atoms with E-state index < -0.39 is 14.3 Å². The lowest BCUT2D eigenvalue weighted by Gasteiger charge is -2.44. The Morgan fingerprint density at radius 3 is 1.94 bits per heavy atom. The molecule has 32 heavy (non-hydrogen) atoms. The quantitative estimate of drug-likeness (QED) is 0.261. The van der Waals surface area contributed by atoms with Gasteiger partial charge in [0.25, 0.3) is 8.32 Å². The van der Waals surface area contributed by atoms with E-state index in [1.54, 1.807) is 0 Å². The molecule has 3 rings (SSSR count). The van der Waals surface area contributed by atoms with Gasteiger partial charge in [-0.15, -0.1) is 0 Å². The third-order valence-corrected chi connectivity index (χ3v) is 11.5. The van der Waals surface area contributed by atoms with E-state index in [1.807, 2.05) is 18.2 Å². The van der Waals surface area contributed by atoms with Gasteiger partial charge in [-0.2, -0.15) is 0 Å². The average molecular weight is 451 g/mol. The molecule has 0 aromatic heterocycles. The number of ketones is 1. The van der Waals surface area contributed by atoms with Crippen molar-refractivity contribution in [2.45, 2.75) is 45.1 Å². The lowest BCUT2D eigenvalue weighted by Crippen LogP contribution is -2.67. The van der Waals surface area contributed by atoms with E-state index in [4.69, 9.17) is 9.16 Å². The molecular weight excluding hydrogens is 416 g/mol. The topological polar surface area (TPSA) is 52.6 Å². The van der Waals surface area contributed by atoms with Crippen LogP contribution in [0.1, 0.15) is 40.0 Å². The van der Waals surface area contributed by atoms with Crippen molar-refractivity contribution in [1.82, 2.24) is 0 Å². The molecule has 0 saturated carbocycles. The first-order chi connectivity index (χ1) is 15.3. The molecule has 170 valence electrons. The number of hydrogen-bond acceptors (Lipinski definition) is 4. The number of allylic oxidation sites excluding steroid dienone is 2. The van der Waals surface area contributed by atoms with Gasteiger partial charge in [0, 0.05) is 12.5 Å². The summed E-state index contributed by atoms with van der Waals surface area (Å²) in [5.41, 5.74) is 0. The fourth-order valence-corrected chi connectivity index (χ4v) is 9.41. The first-order valence-corrected chi connectivity index (χ1v) is 13.2. The van der Waals surface area contributed by atoms with Crippen molar-refractivity contribution in [2.75, 3.05) is 13.7 Å². The summed E-state index contributed by atoms with van der Waals surface area (Å²) < 4.78 is 11.8. The highest BCUT2D eigenvalue weighted by molar-refractivity contribution is 6.99. The normalized spacial score (nSPS) is 18.9. The van der Waals surface area contributed by atoms with Gasteiger partial charge < -0.3 is 9.16 Å². The van der Waals surface area contributed by atoms with Crippen LogP contribution >= 0.6 is 0 Å². The zero-order chi connectivity index (χ0) is 23.2. The number of Topliss-reactive ketones (excluding diaryl/α,β-unsaturated/α-hetero) is 1. The molecule has 5 heteroatoms. The highest BCUT2D eigenvalue weighted by atomic mass is 28.4. The van der Waals surface area contributed by atoms with Crippen LogP contribution < -0.4 is 10.4 Å². The summed E-state index contributed by atoms with van der Waals surface area (Å²) in [6, 6.07) is 21.0. The Labute approximate surface area is 192 Å². The maximum absolute atomic E-state index is 12.9. The van der Waals surface area contributed by atoms with Gasteiger partial charge in [-0.25, -0.2) is 0 Å². The standard InChI is InChI=1S/C27H34O4Si/c1-27(2,3)32(22-14-7-5-8-15-22,23-16-9-6-10-17-23)31-20-21-13-11-12-18-24(21)25(28)19-26(29)30-4/h5-12,14-17,21,24H,13,18-20H2,1-4H3/t21-,24-/m1/s1. The maximum atomic E-state index is 12.9. The predicted octanol–water partition coefficient (Wildman–Crippen LogP) is 4.28. The monoisotopic (exact) mass is 450 g/mol. The lowest BCUT2D eigenvalue weighted by atomic mass is 9.80. The number of rotatable bonds is 8. The van der Waals surface area contributed by atoms with Crippen LogP contribution in [0.15, 0.2) is 72.8 Å². The minimum atomic E-state index is -2.66. The van der Waals surface area contributed by atoms with Crippen LogP contribution in [0.25, 0.3) is 0 Å². The number of carbonyl (C=O) groups excluding carboxylic acids is 2. The summed E-state index contributed by atoms with van der Waals surface area (Å²) in [6.07, 6.45) is 5.41. The largest absolute Gasteiger partial charge is 0.469 e. The Balaban J connectivity index is 1.96. The molecule has 1 aliphatic rings. The van der Waals surface area contributed by atoms with Crippen molar-refractivity contribution in [1.29, 1.82) is 0 Å². The van der Waals surface area contributed by atoms with Crippen molar-refractivity contribution in [3.05, 3.63) is 72.8 Å². The number of esters is 1. The third-order valence-electron chi connectivity index (χ3n) is 6.46. The smallest absolute Gasteiger partial charge is 0.313 e. The molecule has 0 saturated heterocycles. The summed E-state index contributed by atoms with van der Waals surface area (Å²) in [5.74, 6) is -0.718. The van der Waals surface area contributed by atoms with E-state index in [-0.39, 0.29) is 29.1 Å². The number of hydrogen-bond donors (Lipinski definition) is 0.